The standard InChI is InChI=1S/C21H26N4O2S/c1-15-11-23-17(12-22-15)13-25-14-21(6-5-19(25)26)7-9-24(10-8-21)20(27)18-4-3-16(2)28-18/h3-4,11-12H,5-10,13-14H2,1-2H3. The van der Waals surface area contributed by atoms with E-state index in [2.05, 4.69) is 9.97 Å². The van der Waals surface area contributed by atoms with Gasteiger partial charge in [0.05, 0.1) is 29.0 Å². The fourth-order valence-corrected chi connectivity index (χ4v) is 5.08. The van der Waals surface area contributed by atoms with E-state index in [1.165, 1.54) is 0 Å². The van der Waals surface area contributed by atoms with Crippen LogP contribution in [0.5, 0.6) is 0 Å². The van der Waals surface area contributed by atoms with Gasteiger partial charge in [-0.3, -0.25) is 19.6 Å². The zero-order valence-corrected chi connectivity index (χ0v) is 17.3. The van der Waals surface area contributed by atoms with Gasteiger partial charge < -0.3 is 9.80 Å². The number of amides is 2. The monoisotopic (exact) mass is 398 g/mol. The van der Waals surface area contributed by atoms with Gasteiger partial charge in [0.15, 0.2) is 0 Å². The average molecular weight is 399 g/mol. The summed E-state index contributed by atoms with van der Waals surface area (Å²) in [6.45, 7) is 6.74. The molecule has 148 valence electrons. The van der Waals surface area contributed by atoms with Crippen LogP contribution in [0.25, 0.3) is 0 Å². The second-order valence-corrected chi connectivity index (χ2v) is 9.39. The van der Waals surface area contributed by atoms with E-state index in [0.29, 0.717) is 13.0 Å². The highest BCUT2D eigenvalue weighted by Crippen LogP contribution is 2.41. The van der Waals surface area contributed by atoms with Crippen molar-refractivity contribution >= 4 is 23.2 Å². The van der Waals surface area contributed by atoms with Crippen molar-refractivity contribution in [2.24, 2.45) is 5.41 Å². The Morgan fingerprint density at radius 1 is 1.14 bits per heavy atom. The smallest absolute Gasteiger partial charge is 0.263 e. The Morgan fingerprint density at radius 2 is 1.93 bits per heavy atom. The summed E-state index contributed by atoms with van der Waals surface area (Å²) in [5, 5.41) is 0. The Labute approximate surface area is 169 Å². The fourth-order valence-electron chi connectivity index (χ4n) is 4.24. The molecular formula is C21H26N4O2S. The molecule has 0 bridgehead atoms. The molecule has 0 radical (unpaired) electrons. The first-order chi connectivity index (χ1) is 13.4. The number of hydrogen-bond acceptors (Lipinski definition) is 5. The van der Waals surface area contributed by atoms with E-state index < -0.39 is 0 Å². The number of aromatic nitrogens is 2. The van der Waals surface area contributed by atoms with Gasteiger partial charge in [-0.25, -0.2) is 0 Å². The summed E-state index contributed by atoms with van der Waals surface area (Å²) in [4.78, 5) is 39.8. The van der Waals surface area contributed by atoms with E-state index in [0.717, 1.165) is 60.0 Å². The van der Waals surface area contributed by atoms with Crippen LogP contribution in [0.1, 0.15) is 51.6 Å². The molecule has 4 heterocycles. The van der Waals surface area contributed by atoms with Crippen molar-refractivity contribution in [2.75, 3.05) is 19.6 Å². The molecule has 2 aliphatic rings. The highest BCUT2D eigenvalue weighted by atomic mass is 32.1. The lowest BCUT2D eigenvalue weighted by atomic mass is 9.72. The molecule has 0 N–H and O–H groups in total. The second-order valence-electron chi connectivity index (χ2n) is 8.10. The van der Waals surface area contributed by atoms with E-state index in [1.54, 1.807) is 23.7 Å². The van der Waals surface area contributed by atoms with Gasteiger partial charge in [-0.2, -0.15) is 0 Å². The summed E-state index contributed by atoms with van der Waals surface area (Å²) in [5.41, 5.74) is 1.83. The van der Waals surface area contributed by atoms with E-state index in [4.69, 9.17) is 0 Å². The summed E-state index contributed by atoms with van der Waals surface area (Å²) in [5.74, 6) is 0.340. The molecule has 0 atom stereocenters. The molecule has 2 saturated heterocycles. The van der Waals surface area contributed by atoms with Crippen molar-refractivity contribution in [3.05, 3.63) is 45.7 Å². The maximum absolute atomic E-state index is 12.7. The van der Waals surface area contributed by atoms with E-state index in [-0.39, 0.29) is 17.2 Å². The first-order valence-corrected chi connectivity index (χ1v) is 10.7. The first-order valence-electron chi connectivity index (χ1n) is 9.85. The maximum Gasteiger partial charge on any atom is 0.263 e. The summed E-state index contributed by atoms with van der Waals surface area (Å²) in [6.07, 6.45) is 6.91. The Balaban J connectivity index is 1.39. The van der Waals surface area contributed by atoms with Crippen molar-refractivity contribution in [1.29, 1.82) is 0 Å². The van der Waals surface area contributed by atoms with Gasteiger partial charge >= 0.3 is 0 Å². The minimum absolute atomic E-state index is 0.119. The molecule has 1 spiro atoms. The molecule has 6 nitrogen and oxygen atoms in total. The highest BCUT2D eigenvalue weighted by molar-refractivity contribution is 7.13. The molecule has 2 aromatic rings. The lowest BCUT2D eigenvalue weighted by molar-refractivity contribution is -0.139. The number of carbonyl (C=O) groups is 2. The summed E-state index contributed by atoms with van der Waals surface area (Å²) < 4.78 is 0. The zero-order chi connectivity index (χ0) is 19.7. The van der Waals surface area contributed by atoms with Crippen molar-refractivity contribution < 1.29 is 9.59 Å². The molecule has 0 unspecified atom stereocenters. The van der Waals surface area contributed by atoms with Crippen LogP contribution in [-0.2, 0) is 11.3 Å². The van der Waals surface area contributed by atoms with E-state index >= 15 is 0 Å². The Morgan fingerprint density at radius 3 is 2.57 bits per heavy atom. The molecule has 4 rings (SSSR count). The lowest BCUT2D eigenvalue weighted by Crippen LogP contribution is -2.52. The normalized spacial score (nSPS) is 19.3. The largest absolute Gasteiger partial charge is 0.338 e. The van der Waals surface area contributed by atoms with Crippen LogP contribution in [0.4, 0.5) is 0 Å². The number of piperidine rings is 2. The van der Waals surface area contributed by atoms with Crippen LogP contribution in [0, 0.1) is 19.3 Å². The highest BCUT2D eigenvalue weighted by Gasteiger charge is 2.42. The maximum atomic E-state index is 12.7. The van der Waals surface area contributed by atoms with Gasteiger partial charge in [0.1, 0.15) is 0 Å². The van der Waals surface area contributed by atoms with Gasteiger partial charge in [-0.15, -0.1) is 11.3 Å². The van der Waals surface area contributed by atoms with Crippen LogP contribution in [-0.4, -0.2) is 51.2 Å². The third-order valence-corrected chi connectivity index (χ3v) is 6.99. The van der Waals surface area contributed by atoms with Crippen LogP contribution >= 0.6 is 11.3 Å². The number of thiophene rings is 1. The number of aryl methyl sites for hydroxylation is 2. The number of hydrogen-bond donors (Lipinski definition) is 0. The number of likely N-dealkylation sites (tertiary alicyclic amines) is 2. The predicted octanol–water partition coefficient (Wildman–Crippen LogP) is 3.20. The third kappa shape index (κ3) is 3.94. The van der Waals surface area contributed by atoms with Crippen molar-refractivity contribution in [3.8, 4) is 0 Å². The van der Waals surface area contributed by atoms with Gasteiger partial charge in [0.25, 0.3) is 5.91 Å². The van der Waals surface area contributed by atoms with E-state index in [1.807, 2.05) is 35.8 Å². The zero-order valence-electron chi connectivity index (χ0n) is 16.5. The van der Waals surface area contributed by atoms with Gasteiger partial charge in [0, 0.05) is 37.1 Å². The molecule has 2 aromatic heterocycles. The molecule has 0 aliphatic carbocycles. The van der Waals surface area contributed by atoms with Crippen LogP contribution in [0.2, 0.25) is 0 Å². The lowest BCUT2D eigenvalue weighted by Gasteiger charge is -2.47. The number of carbonyl (C=O) groups excluding carboxylic acids is 2. The molecule has 7 heteroatoms. The Bertz CT molecular complexity index is 869. The summed E-state index contributed by atoms with van der Waals surface area (Å²) in [7, 11) is 0. The van der Waals surface area contributed by atoms with Crippen LogP contribution in [0.15, 0.2) is 24.5 Å². The Hall–Kier alpha value is -2.28. The molecule has 0 saturated carbocycles. The van der Waals surface area contributed by atoms with Crippen LogP contribution < -0.4 is 0 Å². The average Bonchev–Trinajstić information content (AvgIpc) is 3.13. The molecule has 28 heavy (non-hydrogen) atoms. The minimum Gasteiger partial charge on any atom is -0.338 e. The van der Waals surface area contributed by atoms with Gasteiger partial charge in [-0.1, -0.05) is 0 Å². The number of nitrogens with zero attached hydrogens (tertiary/aromatic N) is 4. The molecule has 2 aliphatic heterocycles. The molecule has 2 amide bonds. The molecule has 0 aromatic carbocycles. The van der Waals surface area contributed by atoms with Gasteiger partial charge in [-0.05, 0) is 50.7 Å². The van der Waals surface area contributed by atoms with Crippen molar-refractivity contribution in [2.45, 2.75) is 46.1 Å². The SMILES string of the molecule is Cc1cnc(CN2CC3(CCC2=O)CCN(C(=O)c2ccc(C)s2)CC3)cn1. The molecular weight excluding hydrogens is 372 g/mol. The summed E-state index contributed by atoms with van der Waals surface area (Å²) in [6, 6.07) is 3.93. The van der Waals surface area contributed by atoms with Crippen LogP contribution in [0.3, 0.4) is 0 Å². The predicted molar refractivity (Wildman–Crippen MR) is 108 cm³/mol. The topological polar surface area (TPSA) is 66.4 Å². The number of rotatable bonds is 3. The third-order valence-electron chi connectivity index (χ3n) is 6.00. The van der Waals surface area contributed by atoms with Crippen molar-refractivity contribution in [1.82, 2.24) is 19.8 Å². The van der Waals surface area contributed by atoms with Crippen molar-refractivity contribution in [3.63, 3.8) is 0 Å². The minimum atomic E-state index is 0.119. The quantitative estimate of drug-likeness (QED) is 0.796. The Kier molecular flexibility index (Phi) is 5.19. The second kappa shape index (κ2) is 7.62. The van der Waals surface area contributed by atoms with Gasteiger partial charge in [0.2, 0.25) is 5.91 Å². The summed E-state index contributed by atoms with van der Waals surface area (Å²) >= 11 is 1.56. The molecule has 2 fully saturated rings. The first kappa shape index (κ1) is 19.1. The van der Waals surface area contributed by atoms with E-state index in [9.17, 15) is 9.59 Å². The fraction of sp³-hybridized carbons (Fsp3) is 0.524.